The topological polar surface area (TPSA) is 65.4 Å². The van der Waals surface area contributed by atoms with E-state index in [1.165, 1.54) is 16.7 Å². The zero-order chi connectivity index (χ0) is 24.2. The Bertz CT molecular complexity index is 960. The molecule has 0 aliphatic rings. The lowest BCUT2D eigenvalue weighted by Crippen LogP contribution is -2.37. The molecule has 3 aromatic rings. The van der Waals surface area contributed by atoms with Crippen LogP contribution in [0.1, 0.15) is 54.5 Å². The highest BCUT2D eigenvalue weighted by atomic mass is 16.3. The molecule has 182 valence electrons. The Labute approximate surface area is 204 Å². The van der Waals surface area contributed by atoms with Gasteiger partial charge in [0.05, 0.1) is 23.7 Å². The average Bonchev–Trinajstić information content (AvgIpc) is 2.88. The molecule has 0 bridgehead atoms. The molecular formula is C28H39N5O. The summed E-state index contributed by atoms with van der Waals surface area (Å²) < 4.78 is 0. The first-order chi connectivity index (χ1) is 16.7. The summed E-state index contributed by atoms with van der Waals surface area (Å²) in [5, 5.41) is 9.72. The SMILES string of the molecule is CCc1cccnc1CN(CCO)CCN(Cc1ncccc1CC)Cc1ncccc1CC. The molecule has 3 aromatic heterocycles. The quantitative estimate of drug-likeness (QED) is 0.391. The van der Waals surface area contributed by atoms with Crippen molar-refractivity contribution in [2.45, 2.75) is 59.7 Å². The lowest BCUT2D eigenvalue weighted by Gasteiger charge is -2.28. The average molecular weight is 462 g/mol. The Morgan fingerprint density at radius 1 is 0.588 bits per heavy atom. The van der Waals surface area contributed by atoms with Crippen LogP contribution in [0.2, 0.25) is 0 Å². The molecule has 0 spiro atoms. The smallest absolute Gasteiger partial charge is 0.0575 e. The maximum atomic E-state index is 9.72. The van der Waals surface area contributed by atoms with Gasteiger partial charge in [-0.3, -0.25) is 24.8 Å². The second-order valence-electron chi connectivity index (χ2n) is 8.60. The molecular weight excluding hydrogens is 422 g/mol. The number of rotatable bonds is 14. The molecule has 34 heavy (non-hydrogen) atoms. The van der Waals surface area contributed by atoms with Crippen LogP contribution < -0.4 is 0 Å². The normalized spacial score (nSPS) is 11.5. The van der Waals surface area contributed by atoms with Gasteiger partial charge < -0.3 is 5.11 Å². The summed E-state index contributed by atoms with van der Waals surface area (Å²) in [4.78, 5) is 18.8. The van der Waals surface area contributed by atoms with Crippen LogP contribution in [0.15, 0.2) is 55.0 Å². The number of pyridine rings is 3. The predicted octanol–water partition coefficient (Wildman–Crippen LogP) is 4.06. The minimum absolute atomic E-state index is 0.134. The third-order valence-corrected chi connectivity index (χ3v) is 6.37. The fourth-order valence-electron chi connectivity index (χ4n) is 4.35. The summed E-state index contributed by atoms with van der Waals surface area (Å²) in [5.41, 5.74) is 7.21. The maximum absolute atomic E-state index is 9.72. The van der Waals surface area contributed by atoms with Gasteiger partial charge in [0.1, 0.15) is 0 Å². The van der Waals surface area contributed by atoms with Gasteiger partial charge in [-0.25, -0.2) is 0 Å². The predicted molar refractivity (Wildman–Crippen MR) is 137 cm³/mol. The highest BCUT2D eigenvalue weighted by Crippen LogP contribution is 2.16. The highest BCUT2D eigenvalue weighted by molar-refractivity contribution is 5.22. The van der Waals surface area contributed by atoms with Gasteiger partial charge in [-0.2, -0.15) is 0 Å². The third kappa shape index (κ3) is 7.42. The van der Waals surface area contributed by atoms with E-state index in [0.29, 0.717) is 6.54 Å². The molecule has 0 aliphatic carbocycles. The van der Waals surface area contributed by atoms with Crippen molar-refractivity contribution < 1.29 is 5.11 Å². The Morgan fingerprint density at radius 2 is 0.971 bits per heavy atom. The standard InChI is InChI=1S/C28H39N5O/c1-4-23-10-7-13-29-26(23)20-32(18-19-34)16-17-33(21-27-24(5-2)11-8-14-30-27)22-28-25(6-3)12-9-15-31-28/h7-15,34H,4-6,16-22H2,1-3H3. The molecule has 0 amide bonds. The molecule has 0 unspecified atom stereocenters. The van der Waals surface area contributed by atoms with Gasteiger partial charge in [0, 0.05) is 57.9 Å². The fraction of sp³-hybridized carbons (Fsp3) is 0.464. The van der Waals surface area contributed by atoms with E-state index in [4.69, 9.17) is 9.97 Å². The van der Waals surface area contributed by atoms with Crippen molar-refractivity contribution in [3.63, 3.8) is 0 Å². The third-order valence-electron chi connectivity index (χ3n) is 6.37. The number of aromatic nitrogens is 3. The van der Waals surface area contributed by atoms with E-state index < -0.39 is 0 Å². The van der Waals surface area contributed by atoms with Crippen LogP contribution >= 0.6 is 0 Å². The zero-order valence-corrected chi connectivity index (χ0v) is 21.0. The van der Waals surface area contributed by atoms with E-state index in [0.717, 1.165) is 69.1 Å². The molecule has 0 fully saturated rings. The van der Waals surface area contributed by atoms with Crippen molar-refractivity contribution in [2.24, 2.45) is 0 Å². The van der Waals surface area contributed by atoms with Crippen molar-refractivity contribution in [3.05, 3.63) is 88.8 Å². The van der Waals surface area contributed by atoms with Crippen molar-refractivity contribution in [1.29, 1.82) is 0 Å². The van der Waals surface area contributed by atoms with E-state index in [1.54, 1.807) is 0 Å². The molecule has 0 aromatic carbocycles. The second kappa shape index (κ2) is 13.9. The Hall–Kier alpha value is -2.67. The van der Waals surface area contributed by atoms with Crippen LogP contribution in [-0.2, 0) is 38.9 Å². The van der Waals surface area contributed by atoms with E-state index in [-0.39, 0.29) is 6.61 Å². The Balaban J connectivity index is 1.78. The molecule has 0 saturated heterocycles. The zero-order valence-electron chi connectivity index (χ0n) is 21.0. The van der Waals surface area contributed by atoms with E-state index in [2.05, 4.69) is 53.8 Å². The molecule has 3 rings (SSSR count). The van der Waals surface area contributed by atoms with Gasteiger partial charge in [0.25, 0.3) is 0 Å². The monoisotopic (exact) mass is 461 g/mol. The van der Waals surface area contributed by atoms with E-state index in [1.807, 2.05) is 36.8 Å². The lowest BCUT2D eigenvalue weighted by atomic mass is 10.1. The van der Waals surface area contributed by atoms with Gasteiger partial charge >= 0.3 is 0 Å². The van der Waals surface area contributed by atoms with Crippen molar-refractivity contribution in [2.75, 3.05) is 26.2 Å². The minimum Gasteiger partial charge on any atom is -0.395 e. The summed E-state index contributed by atoms with van der Waals surface area (Å²) in [6, 6.07) is 12.5. The van der Waals surface area contributed by atoms with Gasteiger partial charge in [-0.1, -0.05) is 39.0 Å². The summed E-state index contributed by atoms with van der Waals surface area (Å²) in [7, 11) is 0. The largest absolute Gasteiger partial charge is 0.395 e. The van der Waals surface area contributed by atoms with E-state index in [9.17, 15) is 5.11 Å². The molecule has 6 heteroatoms. The molecule has 0 radical (unpaired) electrons. The summed E-state index contributed by atoms with van der Waals surface area (Å²) in [6.07, 6.45) is 8.53. The van der Waals surface area contributed by atoms with Gasteiger partial charge in [0.15, 0.2) is 0 Å². The molecule has 1 N–H and O–H groups in total. The van der Waals surface area contributed by atoms with Crippen LogP contribution in [0.5, 0.6) is 0 Å². The molecule has 0 atom stereocenters. The van der Waals surface area contributed by atoms with Gasteiger partial charge in [-0.05, 0) is 54.2 Å². The van der Waals surface area contributed by atoms with Crippen LogP contribution in [0.3, 0.4) is 0 Å². The number of nitrogens with zero attached hydrogens (tertiary/aromatic N) is 5. The van der Waals surface area contributed by atoms with E-state index >= 15 is 0 Å². The molecule has 0 aliphatic heterocycles. The molecule has 6 nitrogen and oxygen atoms in total. The highest BCUT2D eigenvalue weighted by Gasteiger charge is 2.16. The number of aliphatic hydroxyl groups is 1. The van der Waals surface area contributed by atoms with Gasteiger partial charge in [-0.15, -0.1) is 0 Å². The van der Waals surface area contributed by atoms with Crippen molar-refractivity contribution in [1.82, 2.24) is 24.8 Å². The summed E-state index contributed by atoms with van der Waals surface area (Å²) >= 11 is 0. The van der Waals surface area contributed by atoms with Crippen molar-refractivity contribution >= 4 is 0 Å². The van der Waals surface area contributed by atoms with Gasteiger partial charge in [0.2, 0.25) is 0 Å². The van der Waals surface area contributed by atoms with Crippen LogP contribution in [0.25, 0.3) is 0 Å². The minimum atomic E-state index is 0.134. The summed E-state index contributed by atoms with van der Waals surface area (Å²) in [5.74, 6) is 0. The first-order valence-electron chi connectivity index (χ1n) is 12.5. The maximum Gasteiger partial charge on any atom is 0.0575 e. The summed E-state index contributed by atoms with van der Waals surface area (Å²) in [6.45, 7) is 11.3. The number of hydrogen-bond donors (Lipinski definition) is 1. The first kappa shape index (κ1) is 25.9. The molecule has 3 heterocycles. The Morgan fingerprint density at radius 3 is 1.35 bits per heavy atom. The first-order valence-corrected chi connectivity index (χ1v) is 12.5. The van der Waals surface area contributed by atoms with Crippen LogP contribution in [0, 0.1) is 0 Å². The van der Waals surface area contributed by atoms with Crippen molar-refractivity contribution in [3.8, 4) is 0 Å². The Kier molecular flexibility index (Phi) is 10.6. The van der Waals surface area contributed by atoms with Crippen LogP contribution in [-0.4, -0.2) is 56.1 Å². The molecule has 0 saturated carbocycles. The second-order valence-corrected chi connectivity index (χ2v) is 8.60. The lowest BCUT2D eigenvalue weighted by molar-refractivity contribution is 0.154. The number of aryl methyl sites for hydroxylation is 3. The van der Waals surface area contributed by atoms with Crippen LogP contribution in [0.4, 0.5) is 0 Å². The number of hydrogen-bond acceptors (Lipinski definition) is 6. The fourth-order valence-corrected chi connectivity index (χ4v) is 4.35. The number of aliphatic hydroxyl groups excluding tert-OH is 1.